The number of nitrogens with one attached hydrogen (secondary N) is 1. The molecule has 0 bridgehead atoms. The second kappa shape index (κ2) is 8.10. The van der Waals surface area contributed by atoms with Crippen LogP contribution in [-0.4, -0.2) is 37.7 Å². The fourth-order valence-corrected chi connectivity index (χ4v) is 4.02. The minimum atomic E-state index is -4.51. The molecule has 4 aromatic heterocycles. The van der Waals surface area contributed by atoms with Crippen LogP contribution in [0.5, 0.6) is 0 Å². The number of halogens is 3. The minimum absolute atomic E-state index is 0.192. The van der Waals surface area contributed by atoms with Crippen molar-refractivity contribution in [3.05, 3.63) is 59.4 Å². The maximum Gasteiger partial charge on any atom is 0.408 e. The van der Waals surface area contributed by atoms with Crippen LogP contribution in [0.2, 0.25) is 0 Å². The molecule has 31 heavy (non-hydrogen) atoms. The lowest BCUT2D eigenvalue weighted by Gasteiger charge is -2.24. The molecule has 160 valence electrons. The van der Waals surface area contributed by atoms with Crippen LogP contribution < -0.4 is 5.32 Å². The van der Waals surface area contributed by atoms with E-state index < -0.39 is 24.0 Å². The Morgan fingerprint density at radius 3 is 2.55 bits per heavy atom. The first kappa shape index (κ1) is 21.0. The van der Waals surface area contributed by atoms with Crippen LogP contribution in [0, 0.1) is 5.92 Å². The van der Waals surface area contributed by atoms with Crippen LogP contribution in [0.1, 0.15) is 23.5 Å². The van der Waals surface area contributed by atoms with E-state index in [0.29, 0.717) is 16.8 Å². The van der Waals surface area contributed by atoms with E-state index in [9.17, 15) is 18.0 Å². The van der Waals surface area contributed by atoms with Crippen molar-refractivity contribution in [3.8, 4) is 22.3 Å². The van der Waals surface area contributed by atoms with E-state index in [1.54, 1.807) is 40.7 Å². The highest BCUT2D eigenvalue weighted by atomic mass is 32.1. The third-order valence-electron chi connectivity index (χ3n) is 4.81. The molecule has 0 fully saturated rings. The van der Waals surface area contributed by atoms with Crippen LogP contribution in [0.3, 0.4) is 0 Å². The largest absolute Gasteiger partial charge is 0.408 e. The summed E-state index contributed by atoms with van der Waals surface area (Å²) in [5, 5.41) is 8.14. The van der Waals surface area contributed by atoms with Gasteiger partial charge in [0, 0.05) is 35.9 Å². The number of carbonyl (C=O) groups is 1. The second-order valence-corrected chi connectivity index (χ2v) is 8.25. The van der Waals surface area contributed by atoms with Gasteiger partial charge in [0.1, 0.15) is 6.04 Å². The molecule has 1 amide bonds. The molecule has 0 aromatic carbocycles. The van der Waals surface area contributed by atoms with Gasteiger partial charge in [0.05, 0.1) is 11.1 Å². The molecule has 1 N–H and O–H groups in total. The number of pyridine rings is 1. The highest BCUT2D eigenvalue weighted by Gasteiger charge is 2.42. The molecule has 0 aliphatic rings. The molecule has 6 nitrogen and oxygen atoms in total. The van der Waals surface area contributed by atoms with E-state index in [1.807, 2.05) is 18.3 Å². The summed E-state index contributed by atoms with van der Waals surface area (Å²) < 4.78 is 41.1. The number of fused-ring (bicyclic) bond motifs is 1. The smallest absolute Gasteiger partial charge is 0.339 e. The van der Waals surface area contributed by atoms with Gasteiger partial charge in [-0.1, -0.05) is 13.8 Å². The highest BCUT2D eigenvalue weighted by molar-refractivity contribution is 7.12. The normalized spacial score (nSPS) is 13.0. The number of amides is 1. The molecule has 4 rings (SSSR count). The van der Waals surface area contributed by atoms with Crippen molar-refractivity contribution >= 4 is 22.9 Å². The third kappa shape index (κ3) is 4.29. The minimum Gasteiger partial charge on any atom is -0.339 e. The first-order valence-electron chi connectivity index (χ1n) is 9.44. The zero-order chi connectivity index (χ0) is 22.2. The first-order chi connectivity index (χ1) is 14.7. The van der Waals surface area contributed by atoms with Gasteiger partial charge in [-0.05, 0) is 40.6 Å². The van der Waals surface area contributed by atoms with Crippen molar-refractivity contribution in [2.24, 2.45) is 5.92 Å². The Kier molecular flexibility index (Phi) is 5.48. The number of aromatic nitrogens is 4. The Morgan fingerprint density at radius 1 is 1.13 bits per heavy atom. The van der Waals surface area contributed by atoms with Crippen LogP contribution in [0.25, 0.3) is 27.9 Å². The average molecular weight is 445 g/mol. The van der Waals surface area contributed by atoms with Crippen molar-refractivity contribution in [2.75, 3.05) is 0 Å². The fourth-order valence-electron chi connectivity index (χ4n) is 3.21. The van der Waals surface area contributed by atoms with Crippen molar-refractivity contribution < 1.29 is 18.0 Å². The quantitative estimate of drug-likeness (QED) is 0.477. The van der Waals surface area contributed by atoms with Gasteiger partial charge in [-0.2, -0.15) is 18.3 Å². The lowest BCUT2D eigenvalue weighted by Crippen LogP contribution is -2.48. The summed E-state index contributed by atoms with van der Waals surface area (Å²) in [6.07, 6.45) is 4.03. The van der Waals surface area contributed by atoms with Gasteiger partial charge < -0.3 is 5.32 Å². The molecule has 4 heterocycles. The molecule has 0 saturated carbocycles. The van der Waals surface area contributed by atoms with Crippen molar-refractivity contribution in [1.82, 2.24) is 24.9 Å². The maximum atomic E-state index is 13.2. The molecule has 0 unspecified atom stereocenters. The van der Waals surface area contributed by atoms with Gasteiger partial charge in [-0.15, -0.1) is 11.3 Å². The lowest BCUT2D eigenvalue weighted by atomic mass is 10.0. The van der Waals surface area contributed by atoms with Crippen molar-refractivity contribution in [3.63, 3.8) is 0 Å². The maximum absolute atomic E-state index is 13.2. The number of carbonyl (C=O) groups excluding carboxylic acids is 1. The monoisotopic (exact) mass is 445 g/mol. The van der Waals surface area contributed by atoms with Gasteiger partial charge in [0.15, 0.2) is 5.65 Å². The van der Waals surface area contributed by atoms with E-state index in [-0.39, 0.29) is 4.88 Å². The molecule has 0 aliphatic carbocycles. The van der Waals surface area contributed by atoms with Crippen LogP contribution in [0.15, 0.2) is 54.6 Å². The summed E-state index contributed by atoms with van der Waals surface area (Å²) in [6.45, 7) is 2.84. The first-order valence-corrected chi connectivity index (χ1v) is 10.3. The SMILES string of the molecule is CC(C)[C@@H](NC(=O)c1cc(-c2cnn3cc(-c4ccncc4)cnc23)cs1)C(F)(F)F. The third-order valence-corrected chi connectivity index (χ3v) is 5.74. The summed E-state index contributed by atoms with van der Waals surface area (Å²) in [6, 6.07) is 3.38. The Hall–Kier alpha value is -3.27. The lowest BCUT2D eigenvalue weighted by molar-refractivity contribution is -0.162. The Balaban J connectivity index is 1.59. The summed E-state index contributed by atoms with van der Waals surface area (Å²) in [7, 11) is 0. The van der Waals surface area contributed by atoms with E-state index >= 15 is 0 Å². The Morgan fingerprint density at radius 2 is 1.87 bits per heavy atom. The molecule has 4 aromatic rings. The van der Waals surface area contributed by atoms with Gasteiger partial charge in [-0.3, -0.25) is 9.78 Å². The molecule has 0 saturated heterocycles. The topological polar surface area (TPSA) is 72.2 Å². The van der Waals surface area contributed by atoms with Crippen LogP contribution in [-0.2, 0) is 0 Å². The van der Waals surface area contributed by atoms with E-state index in [0.717, 1.165) is 22.5 Å². The molecular weight excluding hydrogens is 427 g/mol. The zero-order valence-electron chi connectivity index (χ0n) is 16.6. The van der Waals surface area contributed by atoms with Gasteiger partial charge >= 0.3 is 6.18 Å². The predicted molar refractivity (Wildman–Crippen MR) is 112 cm³/mol. The summed E-state index contributed by atoms with van der Waals surface area (Å²) in [5.74, 6) is -1.53. The Labute approximate surface area is 179 Å². The molecule has 0 spiro atoms. The number of hydrogen-bond donors (Lipinski definition) is 1. The number of nitrogens with zero attached hydrogens (tertiary/aromatic N) is 4. The average Bonchev–Trinajstić information content (AvgIpc) is 3.38. The molecule has 10 heteroatoms. The number of thiophene rings is 1. The van der Waals surface area contributed by atoms with Gasteiger partial charge in [0.25, 0.3) is 5.91 Å². The molecule has 1 atom stereocenters. The van der Waals surface area contributed by atoms with Gasteiger partial charge in [0.2, 0.25) is 0 Å². The second-order valence-electron chi connectivity index (χ2n) is 7.34. The zero-order valence-corrected chi connectivity index (χ0v) is 17.4. The van der Waals surface area contributed by atoms with E-state index in [2.05, 4.69) is 20.4 Å². The van der Waals surface area contributed by atoms with Crippen LogP contribution >= 0.6 is 11.3 Å². The summed E-state index contributed by atoms with van der Waals surface area (Å²) >= 11 is 1.08. The summed E-state index contributed by atoms with van der Waals surface area (Å²) in [4.78, 5) is 21.1. The molecule has 0 radical (unpaired) electrons. The number of rotatable bonds is 5. The van der Waals surface area contributed by atoms with E-state index in [4.69, 9.17) is 0 Å². The molecule has 0 aliphatic heterocycles. The number of alkyl halides is 3. The number of hydrogen-bond acceptors (Lipinski definition) is 5. The standard InChI is InChI=1S/C21H18F3N5OS/c1-12(2)18(21(22,23)24)28-20(30)17-7-14(11-31-17)16-9-27-29-10-15(8-26-19(16)29)13-3-5-25-6-4-13/h3-12,18H,1-2H3,(H,28,30)/t18-/m1/s1. The predicted octanol–water partition coefficient (Wildman–Crippen LogP) is 4.84. The van der Waals surface area contributed by atoms with Crippen molar-refractivity contribution in [2.45, 2.75) is 26.1 Å². The summed E-state index contributed by atoms with van der Waals surface area (Å²) in [5.41, 5.74) is 3.75. The Bertz CT molecular complexity index is 1220. The van der Waals surface area contributed by atoms with E-state index in [1.165, 1.54) is 13.8 Å². The molecular formula is C21H18F3N5OS. The van der Waals surface area contributed by atoms with Crippen LogP contribution in [0.4, 0.5) is 13.2 Å². The fraction of sp³-hybridized carbons (Fsp3) is 0.238. The van der Waals surface area contributed by atoms with Gasteiger partial charge in [-0.25, -0.2) is 9.50 Å². The highest BCUT2D eigenvalue weighted by Crippen LogP contribution is 2.30. The van der Waals surface area contributed by atoms with Crippen molar-refractivity contribution in [1.29, 1.82) is 0 Å².